The molecule has 10 heteroatoms. The Morgan fingerprint density at radius 1 is 0.875 bits per heavy atom. The average Bonchev–Trinajstić information content (AvgIpc) is 2.91. The molecule has 40 heavy (non-hydrogen) atoms. The maximum absolute atomic E-state index is 13.1. The number of ether oxygens (including phenoxy) is 2. The van der Waals surface area contributed by atoms with Gasteiger partial charge >= 0.3 is 7.82 Å². The standard InChI is InChI=1S/C30H46NO7P.H3N/c1-3-4-5-6-7-8-9-10-21-37-29-13-11-12-26(23-29)18-19-30(32)31(20-22-38-39(33,34)35)24-27-14-16-28(17-15-27)25-36-2;/h11-17,23H,3-10,18-22,24-25H2,1-2H3,(H2,33,34,35);1H3. The van der Waals surface area contributed by atoms with Gasteiger partial charge in [0, 0.05) is 26.6 Å². The molecule has 2 aromatic rings. The van der Waals surface area contributed by atoms with Crippen molar-refractivity contribution in [3.8, 4) is 5.75 Å². The van der Waals surface area contributed by atoms with Gasteiger partial charge in [0.25, 0.3) is 0 Å². The number of benzene rings is 2. The zero-order valence-corrected chi connectivity index (χ0v) is 25.2. The first-order valence-corrected chi connectivity index (χ1v) is 15.6. The number of unbranched alkanes of at least 4 members (excludes halogenated alkanes) is 7. The molecule has 5 N–H and O–H groups in total. The van der Waals surface area contributed by atoms with E-state index in [-0.39, 0.29) is 31.6 Å². The van der Waals surface area contributed by atoms with Gasteiger partial charge in [0.05, 0.1) is 19.8 Å². The van der Waals surface area contributed by atoms with Crippen molar-refractivity contribution in [3.05, 3.63) is 65.2 Å². The summed E-state index contributed by atoms with van der Waals surface area (Å²) in [4.78, 5) is 32.7. The maximum Gasteiger partial charge on any atom is 0.469 e. The Bertz CT molecular complexity index is 998. The van der Waals surface area contributed by atoms with Crippen LogP contribution in [-0.4, -0.2) is 47.5 Å². The molecule has 226 valence electrons. The van der Waals surface area contributed by atoms with Crippen LogP contribution in [0.2, 0.25) is 0 Å². The Balaban J connectivity index is 0.00000800. The SMILES string of the molecule is CCCCCCCCCCOc1cccc(CCC(=O)N(CCOP(=O)(O)O)Cc2ccc(COC)cc2)c1.N. The summed E-state index contributed by atoms with van der Waals surface area (Å²) >= 11 is 0. The number of nitrogens with zero attached hydrogens (tertiary/aromatic N) is 1. The van der Waals surface area contributed by atoms with Crippen LogP contribution in [0.25, 0.3) is 0 Å². The summed E-state index contributed by atoms with van der Waals surface area (Å²) in [6.07, 6.45) is 10.8. The van der Waals surface area contributed by atoms with Crippen LogP contribution in [0.4, 0.5) is 0 Å². The van der Waals surface area contributed by atoms with E-state index in [1.807, 2.05) is 48.5 Å². The second-order valence-corrected chi connectivity index (χ2v) is 11.1. The molecule has 0 fully saturated rings. The van der Waals surface area contributed by atoms with Gasteiger partial charge in [-0.3, -0.25) is 9.32 Å². The van der Waals surface area contributed by atoms with E-state index >= 15 is 0 Å². The highest BCUT2D eigenvalue weighted by molar-refractivity contribution is 7.46. The van der Waals surface area contributed by atoms with Crippen molar-refractivity contribution >= 4 is 13.7 Å². The lowest BCUT2D eigenvalue weighted by Crippen LogP contribution is -2.33. The monoisotopic (exact) mass is 580 g/mol. The Morgan fingerprint density at radius 2 is 1.52 bits per heavy atom. The summed E-state index contributed by atoms with van der Waals surface area (Å²) in [5.74, 6) is 0.696. The summed E-state index contributed by atoms with van der Waals surface area (Å²) in [6.45, 7) is 3.57. The molecule has 0 aliphatic rings. The molecule has 0 radical (unpaired) electrons. The van der Waals surface area contributed by atoms with E-state index < -0.39 is 7.82 Å². The van der Waals surface area contributed by atoms with Crippen LogP contribution in [0.5, 0.6) is 5.75 Å². The molecule has 9 nitrogen and oxygen atoms in total. The van der Waals surface area contributed by atoms with E-state index in [0.717, 1.165) is 28.9 Å². The van der Waals surface area contributed by atoms with Crippen molar-refractivity contribution in [1.82, 2.24) is 11.1 Å². The van der Waals surface area contributed by atoms with Gasteiger partial charge in [-0.1, -0.05) is 88.3 Å². The molecule has 1 amide bonds. The largest absolute Gasteiger partial charge is 0.494 e. The zero-order chi connectivity index (χ0) is 28.3. The molecule has 0 aliphatic carbocycles. The Morgan fingerprint density at radius 3 is 2.17 bits per heavy atom. The van der Waals surface area contributed by atoms with Crippen molar-refractivity contribution in [1.29, 1.82) is 0 Å². The second kappa shape index (κ2) is 20.6. The van der Waals surface area contributed by atoms with Gasteiger partial charge < -0.3 is 30.3 Å². The van der Waals surface area contributed by atoms with E-state index in [4.69, 9.17) is 19.3 Å². The summed E-state index contributed by atoms with van der Waals surface area (Å²) in [5, 5.41) is 0. The van der Waals surface area contributed by atoms with Crippen molar-refractivity contribution in [2.75, 3.05) is 26.9 Å². The molecule has 0 spiro atoms. The second-order valence-electron chi connectivity index (χ2n) is 9.86. The van der Waals surface area contributed by atoms with Crippen LogP contribution in [0.15, 0.2) is 48.5 Å². The fraction of sp³-hybridized carbons (Fsp3) is 0.567. The number of phosphoric acid groups is 1. The van der Waals surface area contributed by atoms with Gasteiger partial charge in [-0.25, -0.2) is 4.57 Å². The van der Waals surface area contributed by atoms with Crippen molar-refractivity contribution < 1.29 is 33.1 Å². The fourth-order valence-corrected chi connectivity index (χ4v) is 4.64. The molecule has 0 heterocycles. The fourth-order valence-electron chi connectivity index (χ4n) is 4.32. The molecule has 0 bridgehead atoms. The predicted octanol–water partition coefficient (Wildman–Crippen LogP) is 6.59. The molecule has 0 saturated carbocycles. The van der Waals surface area contributed by atoms with Crippen molar-refractivity contribution in [2.45, 2.75) is 84.3 Å². The first-order chi connectivity index (χ1) is 18.8. The quantitative estimate of drug-likeness (QED) is 0.111. The summed E-state index contributed by atoms with van der Waals surface area (Å²) in [5.41, 5.74) is 2.94. The first-order valence-electron chi connectivity index (χ1n) is 14.1. The lowest BCUT2D eigenvalue weighted by atomic mass is 10.1. The van der Waals surface area contributed by atoms with Gasteiger partial charge in [0.15, 0.2) is 0 Å². The number of rotatable bonds is 21. The molecule has 0 unspecified atom stereocenters. The molecule has 2 rings (SSSR count). The van der Waals surface area contributed by atoms with Crippen LogP contribution in [0.1, 0.15) is 81.4 Å². The minimum atomic E-state index is -4.61. The first kappa shape index (κ1) is 35.8. The molecule has 0 saturated heterocycles. The van der Waals surface area contributed by atoms with E-state index in [1.165, 1.54) is 44.9 Å². The maximum atomic E-state index is 13.1. The molecule has 0 atom stereocenters. The number of phosphoric ester groups is 1. The number of hydrogen-bond donors (Lipinski definition) is 3. The third-order valence-corrected chi connectivity index (χ3v) is 6.99. The minimum absolute atomic E-state index is 0. The van der Waals surface area contributed by atoms with E-state index in [2.05, 4.69) is 11.4 Å². The molecule has 0 aromatic heterocycles. The normalized spacial score (nSPS) is 11.2. The van der Waals surface area contributed by atoms with Gasteiger partial charge in [-0.05, 0) is 41.7 Å². The Labute approximate surface area is 240 Å². The van der Waals surface area contributed by atoms with Crippen LogP contribution < -0.4 is 10.9 Å². The van der Waals surface area contributed by atoms with E-state index in [9.17, 15) is 9.36 Å². The summed E-state index contributed by atoms with van der Waals surface area (Å²) in [6, 6.07) is 15.6. The number of amides is 1. The molecular formula is C30H49N2O7P. The van der Waals surface area contributed by atoms with Gasteiger partial charge in [-0.15, -0.1) is 0 Å². The number of hydrogen-bond acceptors (Lipinski definition) is 6. The summed E-state index contributed by atoms with van der Waals surface area (Å²) in [7, 11) is -2.97. The van der Waals surface area contributed by atoms with Gasteiger partial charge in [-0.2, -0.15) is 0 Å². The minimum Gasteiger partial charge on any atom is -0.494 e. The lowest BCUT2D eigenvalue weighted by Gasteiger charge is -2.23. The number of carbonyl (C=O) groups excluding carboxylic acids is 1. The van der Waals surface area contributed by atoms with Crippen LogP contribution in [0.3, 0.4) is 0 Å². The highest BCUT2D eigenvalue weighted by atomic mass is 31.2. The van der Waals surface area contributed by atoms with Gasteiger partial charge in [0.1, 0.15) is 5.75 Å². The highest BCUT2D eigenvalue weighted by Gasteiger charge is 2.18. The molecule has 0 aliphatic heterocycles. The number of methoxy groups -OCH3 is 1. The zero-order valence-electron chi connectivity index (χ0n) is 24.3. The molecule has 2 aromatic carbocycles. The van der Waals surface area contributed by atoms with E-state index in [1.54, 1.807) is 12.0 Å². The van der Waals surface area contributed by atoms with Crippen molar-refractivity contribution in [2.24, 2.45) is 0 Å². The Kier molecular flexibility index (Phi) is 18.4. The predicted molar refractivity (Wildman–Crippen MR) is 158 cm³/mol. The van der Waals surface area contributed by atoms with Crippen LogP contribution in [0, 0.1) is 0 Å². The lowest BCUT2D eigenvalue weighted by molar-refractivity contribution is -0.132. The highest BCUT2D eigenvalue weighted by Crippen LogP contribution is 2.35. The van der Waals surface area contributed by atoms with E-state index in [0.29, 0.717) is 26.2 Å². The number of aryl methyl sites for hydroxylation is 1. The van der Waals surface area contributed by atoms with Gasteiger partial charge in [0.2, 0.25) is 5.91 Å². The Hall–Kier alpha value is -2.26. The summed E-state index contributed by atoms with van der Waals surface area (Å²) < 4.78 is 26.8. The number of carbonyl (C=O) groups is 1. The smallest absolute Gasteiger partial charge is 0.469 e. The third kappa shape index (κ3) is 16.1. The average molecular weight is 581 g/mol. The van der Waals surface area contributed by atoms with Crippen molar-refractivity contribution in [3.63, 3.8) is 0 Å². The topological polar surface area (TPSA) is 141 Å². The molecular weight excluding hydrogens is 531 g/mol. The third-order valence-electron chi connectivity index (χ3n) is 6.47. The van der Waals surface area contributed by atoms with Crippen LogP contribution in [-0.2, 0) is 38.2 Å². The van der Waals surface area contributed by atoms with Crippen LogP contribution >= 0.6 is 7.82 Å².